The second-order valence-electron chi connectivity index (χ2n) is 3.88. The number of halogens is 2. The van der Waals surface area contributed by atoms with Crippen molar-refractivity contribution in [3.8, 4) is 5.69 Å². The Labute approximate surface area is 119 Å². The highest BCUT2D eigenvalue weighted by Crippen LogP contribution is 2.26. The van der Waals surface area contributed by atoms with Gasteiger partial charge in [0.2, 0.25) is 0 Å². The number of aldehydes is 1. The summed E-state index contributed by atoms with van der Waals surface area (Å²) in [7, 11) is 0. The number of aromatic nitrogens is 1. The molecule has 4 heteroatoms. The Balaban J connectivity index is 2.68. The zero-order valence-corrected chi connectivity index (χ0v) is 12.4. The molecular weight excluding hydrogens is 349 g/mol. The van der Waals surface area contributed by atoms with Crippen LogP contribution in [0, 0.1) is 17.4 Å². The zero-order valence-electron chi connectivity index (χ0n) is 9.50. The Morgan fingerprint density at radius 1 is 1.29 bits per heavy atom. The van der Waals surface area contributed by atoms with Crippen molar-refractivity contribution in [2.24, 2.45) is 0 Å². The van der Waals surface area contributed by atoms with Gasteiger partial charge in [0.15, 0.2) is 6.29 Å². The third kappa shape index (κ3) is 2.26. The van der Waals surface area contributed by atoms with Crippen molar-refractivity contribution >= 4 is 40.5 Å². The third-order valence-electron chi connectivity index (χ3n) is 2.75. The number of benzene rings is 1. The Morgan fingerprint density at radius 3 is 2.53 bits per heavy atom. The maximum atomic E-state index is 10.9. The van der Waals surface area contributed by atoms with Crippen LogP contribution in [-0.4, -0.2) is 10.9 Å². The molecule has 0 N–H and O–H groups in total. The number of nitrogens with zero attached hydrogens (tertiary/aromatic N) is 1. The van der Waals surface area contributed by atoms with E-state index in [0.717, 1.165) is 37.5 Å². The van der Waals surface area contributed by atoms with Gasteiger partial charge in [-0.2, -0.15) is 0 Å². The number of carbonyl (C=O) groups excluding carboxylic acids is 1. The first-order valence-electron chi connectivity index (χ1n) is 5.14. The molecule has 1 heterocycles. The average molecular weight is 360 g/mol. The van der Waals surface area contributed by atoms with Crippen molar-refractivity contribution in [1.82, 2.24) is 4.57 Å². The van der Waals surface area contributed by atoms with Crippen molar-refractivity contribution < 1.29 is 4.79 Å². The molecule has 2 rings (SSSR count). The molecule has 0 fully saturated rings. The number of aryl methyl sites for hydroxylation is 1. The van der Waals surface area contributed by atoms with Gasteiger partial charge in [0.1, 0.15) is 0 Å². The number of hydrogen-bond acceptors (Lipinski definition) is 1. The lowest BCUT2D eigenvalue weighted by molar-refractivity contribution is 0.112. The summed E-state index contributed by atoms with van der Waals surface area (Å²) in [5.74, 6) is 0. The molecule has 1 aromatic heterocycles. The molecule has 0 amide bonds. The van der Waals surface area contributed by atoms with Crippen molar-refractivity contribution in [2.75, 3.05) is 0 Å². The molecule has 0 saturated carbocycles. The van der Waals surface area contributed by atoms with E-state index in [9.17, 15) is 4.79 Å². The fourth-order valence-corrected chi connectivity index (χ4v) is 3.05. The monoisotopic (exact) mass is 359 g/mol. The molecule has 1 aromatic carbocycles. The molecule has 0 spiro atoms. The maximum absolute atomic E-state index is 10.9. The minimum Gasteiger partial charge on any atom is -0.317 e. The quantitative estimate of drug-likeness (QED) is 0.583. The minimum atomic E-state index is 0.719. The standard InChI is InChI=1S/C13H11ClINO/c1-8-5-10(7-17)9(2)16(8)13-4-3-11(14)6-12(13)15/h3-7H,1-2H3. The van der Waals surface area contributed by atoms with E-state index < -0.39 is 0 Å². The number of rotatable bonds is 2. The van der Waals surface area contributed by atoms with Crippen LogP contribution in [0.3, 0.4) is 0 Å². The van der Waals surface area contributed by atoms with Gasteiger partial charge in [0.05, 0.1) is 5.69 Å². The maximum Gasteiger partial charge on any atom is 0.151 e. The zero-order chi connectivity index (χ0) is 12.6. The Bertz CT molecular complexity index is 589. The van der Waals surface area contributed by atoms with Gasteiger partial charge in [0.25, 0.3) is 0 Å². The SMILES string of the molecule is Cc1cc(C=O)c(C)n1-c1ccc(Cl)cc1I. The van der Waals surface area contributed by atoms with Crippen LogP contribution in [0.15, 0.2) is 24.3 Å². The summed E-state index contributed by atoms with van der Waals surface area (Å²) >= 11 is 8.20. The van der Waals surface area contributed by atoms with Gasteiger partial charge in [-0.3, -0.25) is 4.79 Å². The Kier molecular flexibility index (Phi) is 3.58. The lowest BCUT2D eigenvalue weighted by atomic mass is 10.2. The minimum absolute atomic E-state index is 0.719. The van der Waals surface area contributed by atoms with Gasteiger partial charge >= 0.3 is 0 Å². The summed E-state index contributed by atoms with van der Waals surface area (Å²) < 4.78 is 3.14. The molecule has 0 radical (unpaired) electrons. The molecule has 0 atom stereocenters. The molecule has 2 aromatic rings. The van der Waals surface area contributed by atoms with Gasteiger partial charge in [-0.15, -0.1) is 0 Å². The van der Waals surface area contributed by atoms with Crippen LogP contribution in [0.5, 0.6) is 0 Å². The van der Waals surface area contributed by atoms with Gasteiger partial charge in [-0.25, -0.2) is 0 Å². The highest BCUT2D eigenvalue weighted by molar-refractivity contribution is 14.1. The summed E-state index contributed by atoms with van der Waals surface area (Å²) in [6.45, 7) is 3.94. The van der Waals surface area contributed by atoms with Gasteiger partial charge < -0.3 is 4.57 Å². The van der Waals surface area contributed by atoms with Crippen LogP contribution in [-0.2, 0) is 0 Å². The summed E-state index contributed by atoms with van der Waals surface area (Å²) in [5, 5.41) is 0.719. The predicted octanol–water partition coefficient (Wildman–Crippen LogP) is 4.16. The van der Waals surface area contributed by atoms with Gasteiger partial charge in [0, 0.05) is 25.5 Å². The van der Waals surface area contributed by atoms with Gasteiger partial charge in [-0.1, -0.05) is 11.6 Å². The Morgan fingerprint density at radius 2 is 2.00 bits per heavy atom. The van der Waals surface area contributed by atoms with Crippen molar-refractivity contribution in [3.05, 3.63) is 49.8 Å². The normalized spacial score (nSPS) is 10.6. The van der Waals surface area contributed by atoms with E-state index in [0.29, 0.717) is 0 Å². The van der Waals surface area contributed by atoms with E-state index in [1.54, 1.807) is 0 Å². The summed E-state index contributed by atoms with van der Waals surface area (Å²) in [6.07, 6.45) is 0.890. The number of hydrogen-bond donors (Lipinski definition) is 0. The second-order valence-corrected chi connectivity index (χ2v) is 5.47. The molecule has 17 heavy (non-hydrogen) atoms. The lowest BCUT2D eigenvalue weighted by Gasteiger charge is -2.11. The highest BCUT2D eigenvalue weighted by Gasteiger charge is 2.12. The molecule has 0 saturated heterocycles. The van der Waals surface area contributed by atoms with E-state index >= 15 is 0 Å². The van der Waals surface area contributed by atoms with Crippen LogP contribution in [0.4, 0.5) is 0 Å². The van der Waals surface area contributed by atoms with E-state index in [-0.39, 0.29) is 0 Å². The first-order valence-corrected chi connectivity index (χ1v) is 6.60. The molecule has 2 nitrogen and oxygen atoms in total. The first kappa shape index (κ1) is 12.6. The van der Waals surface area contributed by atoms with Crippen molar-refractivity contribution in [3.63, 3.8) is 0 Å². The van der Waals surface area contributed by atoms with Crippen LogP contribution < -0.4 is 0 Å². The largest absolute Gasteiger partial charge is 0.317 e. The van der Waals surface area contributed by atoms with E-state index in [1.807, 2.05) is 38.1 Å². The summed E-state index contributed by atoms with van der Waals surface area (Å²) in [4.78, 5) is 10.9. The molecule has 0 bridgehead atoms. The summed E-state index contributed by atoms with van der Waals surface area (Å²) in [6, 6.07) is 7.64. The van der Waals surface area contributed by atoms with Gasteiger partial charge in [-0.05, 0) is 60.7 Å². The van der Waals surface area contributed by atoms with Crippen LogP contribution >= 0.6 is 34.2 Å². The fourth-order valence-electron chi connectivity index (χ4n) is 1.94. The molecule has 0 aliphatic carbocycles. The van der Waals surface area contributed by atoms with Crippen LogP contribution in [0.1, 0.15) is 21.7 Å². The van der Waals surface area contributed by atoms with Crippen molar-refractivity contribution in [2.45, 2.75) is 13.8 Å². The molecule has 0 aliphatic heterocycles. The molecular formula is C13H11ClINO. The molecule has 88 valence electrons. The van der Waals surface area contributed by atoms with Crippen molar-refractivity contribution in [1.29, 1.82) is 0 Å². The molecule has 0 unspecified atom stereocenters. The van der Waals surface area contributed by atoms with E-state index in [2.05, 4.69) is 27.2 Å². The Hall–Kier alpha value is -0.810. The average Bonchev–Trinajstić information content (AvgIpc) is 2.55. The third-order valence-corrected chi connectivity index (χ3v) is 3.85. The highest BCUT2D eigenvalue weighted by atomic mass is 127. The van der Waals surface area contributed by atoms with E-state index in [4.69, 9.17) is 11.6 Å². The van der Waals surface area contributed by atoms with Crippen LogP contribution in [0.2, 0.25) is 5.02 Å². The fraction of sp³-hybridized carbons (Fsp3) is 0.154. The number of carbonyl (C=O) groups is 1. The summed E-state index contributed by atoms with van der Waals surface area (Å²) in [5.41, 5.74) is 3.79. The second kappa shape index (κ2) is 4.82. The smallest absolute Gasteiger partial charge is 0.151 e. The topological polar surface area (TPSA) is 22.0 Å². The molecule has 0 aliphatic rings. The lowest BCUT2D eigenvalue weighted by Crippen LogP contribution is -2.01. The van der Waals surface area contributed by atoms with E-state index in [1.165, 1.54) is 0 Å². The van der Waals surface area contributed by atoms with Crippen LogP contribution in [0.25, 0.3) is 5.69 Å². The predicted molar refractivity (Wildman–Crippen MR) is 78.4 cm³/mol. The first-order chi connectivity index (χ1) is 8.04.